The van der Waals surface area contributed by atoms with Crippen LogP contribution in [-0.4, -0.2) is 25.6 Å². The number of amides is 1. The molecule has 0 aliphatic carbocycles. The van der Waals surface area contributed by atoms with Gasteiger partial charge in [-0.1, -0.05) is 23.7 Å². The smallest absolute Gasteiger partial charge is 0.287 e. The Bertz CT molecular complexity index is 1090. The second-order valence-corrected chi connectivity index (χ2v) is 9.48. The second kappa shape index (κ2) is 7.46. The van der Waals surface area contributed by atoms with Crippen molar-refractivity contribution in [3.63, 3.8) is 0 Å². The van der Waals surface area contributed by atoms with Crippen molar-refractivity contribution in [1.29, 1.82) is 0 Å². The first-order chi connectivity index (χ1) is 12.6. The number of carbonyl (C=O) groups excluding carboxylic acids is 1. The van der Waals surface area contributed by atoms with Crippen LogP contribution in [0.1, 0.15) is 34.1 Å². The molecule has 6 nitrogen and oxygen atoms in total. The molecule has 9 heteroatoms. The lowest BCUT2D eigenvalue weighted by molar-refractivity contribution is 0.0907. The van der Waals surface area contributed by atoms with Gasteiger partial charge in [-0.2, -0.15) is 0 Å². The van der Waals surface area contributed by atoms with Gasteiger partial charge in [-0.25, -0.2) is 13.4 Å². The van der Waals surface area contributed by atoms with Crippen molar-refractivity contribution in [2.45, 2.75) is 25.0 Å². The summed E-state index contributed by atoms with van der Waals surface area (Å²) in [5, 5.41) is 4.06. The summed E-state index contributed by atoms with van der Waals surface area (Å²) in [5.74, 6) is -0.541. The highest BCUT2D eigenvalue weighted by molar-refractivity contribution is 7.90. The molecule has 1 unspecified atom stereocenters. The standard InChI is InChI=1S/C18H17ClN2O4S2/c1-10(20-17(22)14-8-9-15(25-14)27(3,23)24)16-11(2)21-18(26-16)12-4-6-13(19)7-5-12/h4-10H,1-3H3,(H,20,22). The van der Waals surface area contributed by atoms with Gasteiger partial charge in [0, 0.05) is 16.8 Å². The van der Waals surface area contributed by atoms with Gasteiger partial charge in [0.2, 0.25) is 14.9 Å². The number of nitrogens with one attached hydrogen (secondary N) is 1. The van der Waals surface area contributed by atoms with Gasteiger partial charge in [-0.05, 0) is 38.1 Å². The van der Waals surface area contributed by atoms with Gasteiger partial charge >= 0.3 is 0 Å². The first kappa shape index (κ1) is 19.6. The van der Waals surface area contributed by atoms with E-state index < -0.39 is 15.7 Å². The predicted octanol–water partition coefficient (Wildman–Crippen LogP) is 4.26. The molecule has 0 aliphatic rings. The van der Waals surface area contributed by atoms with Gasteiger partial charge in [-0.3, -0.25) is 4.79 Å². The summed E-state index contributed by atoms with van der Waals surface area (Å²) in [6.07, 6.45) is 1.02. The van der Waals surface area contributed by atoms with Crippen molar-refractivity contribution in [2.24, 2.45) is 0 Å². The van der Waals surface area contributed by atoms with Gasteiger partial charge in [0.05, 0.1) is 16.6 Å². The van der Waals surface area contributed by atoms with Crippen LogP contribution in [0.5, 0.6) is 0 Å². The molecule has 0 bridgehead atoms. The topological polar surface area (TPSA) is 89.3 Å². The molecule has 0 fully saturated rings. The van der Waals surface area contributed by atoms with E-state index in [0.717, 1.165) is 27.4 Å². The lowest BCUT2D eigenvalue weighted by atomic mass is 10.2. The van der Waals surface area contributed by atoms with Crippen LogP contribution >= 0.6 is 22.9 Å². The van der Waals surface area contributed by atoms with Gasteiger partial charge in [0.15, 0.2) is 5.76 Å². The van der Waals surface area contributed by atoms with E-state index in [-0.39, 0.29) is 16.9 Å². The van der Waals surface area contributed by atoms with E-state index in [4.69, 9.17) is 16.0 Å². The van der Waals surface area contributed by atoms with Gasteiger partial charge in [0.1, 0.15) is 5.01 Å². The van der Waals surface area contributed by atoms with E-state index in [9.17, 15) is 13.2 Å². The summed E-state index contributed by atoms with van der Waals surface area (Å²) in [6, 6.07) is 9.68. The lowest BCUT2D eigenvalue weighted by Gasteiger charge is -2.11. The van der Waals surface area contributed by atoms with Crippen LogP contribution in [-0.2, 0) is 9.84 Å². The lowest BCUT2D eigenvalue weighted by Crippen LogP contribution is -2.26. The molecule has 1 amide bonds. The molecule has 3 aromatic rings. The Hall–Kier alpha value is -2.16. The highest BCUT2D eigenvalue weighted by atomic mass is 35.5. The number of aromatic nitrogens is 1. The minimum absolute atomic E-state index is 0.0534. The van der Waals surface area contributed by atoms with Crippen molar-refractivity contribution < 1.29 is 17.6 Å². The molecular formula is C18H17ClN2O4S2. The predicted molar refractivity (Wildman–Crippen MR) is 105 cm³/mol. The van der Waals surface area contributed by atoms with Crippen LogP contribution in [0, 0.1) is 6.92 Å². The first-order valence-corrected chi connectivity index (χ1v) is 11.1. The van der Waals surface area contributed by atoms with E-state index >= 15 is 0 Å². The zero-order valence-electron chi connectivity index (χ0n) is 14.8. The molecule has 2 aromatic heterocycles. The van der Waals surface area contributed by atoms with E-state index in [1.54, 1.807) is 12.1 Å². The third-order valence-corrected chi connectivity index (χ3v) is 6.43. The number of carbonyl (C=O) groups is 1. The van der Waals surface area contributed by atoms with E-state index in [1.807, 2.05) is 26.0 Å². The molecule has 0 aliphatic heterocycles. The van der Waals surface area contributed by atoms with Crippen LogP contribution in [0.2, 0.25) is 5.02 Å². The molecule has 0 saturated carbocycles. The van der Waals surface area contributed by atoms with Crippen LogP contribution < -0.4 is 5.32 Å². The second-order valence-electron chi connectivity index (χ2n) is 6.06. The Morgan fingerprint density at radius 3 is 2.48 bits per heavy atom. The molecule has 1 atom stereocenters. The summed E-state index contributed by atoms with van der Waals surface area (Å²) in [4.78, 5) is 17.8. The van der Waals surface area contributed by atoms with Crippen LogP contribution in [0.4, 0.5) is 0 Å². The molecule has 27 heavy (non-hydrogen) atoms. The Balaban J connectivity index is 1.78. The minimum atomic E-state index is -3.50. The zero-order chi connectivity index (χ0) is 19.8. The Morgan fingerprint density at radius 2 is 1.89 bits per heavy atom. The number of hydrogen-bond donors (Lipinski definition) is 1. The first-order valence-electron chi connectivity index (χ1n) is 7.99. The number of sulfone groups is 1. The number of halogens is 1. The molecule has 3 rings (SSSR count). The molecular weight excluding hydrogens is 408 g/mol. The van der Waals surface area contributed by atoms with Gasteiger partial charge in [0.25, 0.3) is 5.91 Å². The quantitative estimate of drug-likeness (QED) is 0.660. The number of rotatable bonds is 5. The van der Waals surface area contributed by atoms with Crippen molar-refractivity contribution in [3.05, 3.63) is 57.8 Å². The normalized spacial score (nSPS) is 12.7. The number of hydrogen-bond acceptors (Lipinski definition) is 6. The van der Waals surface area contributed by atoms with E-state index in [1.165, 1.54) is 23.5 Å². The average Bonchev–Trinajstić information content (AvgIpc) is 3.22. The number of aryl methyl sites for hydroxylation is 1. The largest absolute Gasteiger partial charge is 0.440 e. The van der Waals surface area contributed by atoms with Crippen molar-refractivity contribution in [3.8, 4) is 10.6 Å². The summed E-state index contributed by atoms with van der Waals surface area (Å²) in [7, 11) is -3.50. The highest BCUT2D eigenvalue weighted by Crippen LogP contribution is 2.32. The number of nitrogens with zero attached hydrogens (tertiary/aromatic N) is 1. The van der Waals surface area contributed by atoms with Gasteiger partial charge in [-0.15, -0.1) is 11.3 Å². The number of benzene rings is 1. The molecule has 0 radical (unpaired) electrons. The third-order valence-electron chi connectivity index (χ3n) is 3.84. The molecule has 0 saturated heterocycles. The summed E-state index contributed by atoms with van der Waals surface area (Å²) in [6.45, 7) is 3.72. The Kier molecular flexibility index (Phi) is 5.41. The SMILES string of the molecule is Cc1nc(-c2ccc(Cl)cc2)sc1C(C)NC(=O)c1ccc(S(C)(=O)=O)o1. The molecule has 2 heterocycles. The minimum Gasteiger partial charge on any atom is -0.440 e. The maximum atomic E-state index is 12.4. The summed E-state index contributed by atoms with van der Waals surface area (Å²) < 4.78 is 28.1. The summed E-state index contributed by atoms with van der Waals surface area (Å²) in [5.41, 5.74) is 1.76. The van der Waals surface area contributed by atoms with Gasteiger partial charge < -0.3 is 9.73 Å². The van der Waals surface area contributed by atoms with Crippen molar-refractivity contribution in [1.82, 2.24) is 10.3 Å². The highest BCUT2D eigenvalue weighted by Gasteiger charge is 2.21. The maximum Gasteiger partial charge on any atom is 0.287 e. The number of furan rings is 1. The molecule has 142 valence electrons. The van der Waals surface area contributed by atoms with E-state index in [0.29, 0.717) is 5.02 Å². The average molecular weight is 425 g/mol. The van der Waals surface area contributed by atoms with Crippen molar-refractivity contribution >= 4 is 38.7 Å². The fourth-order valence-electron chi connectivity index (χ4n) is 2.50. The Morgan fingerprint density at radius 1 is 1.22 bits per heavy atom. The molecule has 0 spiro atoms. The number of thiazole rings is 1. The fourth-order valence-corrected chi connectivity index (χ4v) is 4.26. The zero-order valence-corrected chi connectivity index (χ0v) is 17.2. The van der Waals surface area contributed by atoms with Crippen LogP contribution in [0.15, 0.2) is 45.9 Å². The maximum absolute atomic E-state index is 12.4. The monoisotopic (exact) mass is 424 g/mol. The third kappa shape index (κ3) is 4.40. The van der Waals surface area contributed by atoms with E-state index in [2.05, 4.69) is 10.3 Å². The Labute approximate surface area is 166 Å². The van der Waals surface area contributed by atoms with Crippen molar-refractivity contribution in [2.75, 3.05) is 6.26 Å². The fraction of sp³-hybridized carbons (Fsp3) is 0.222. The van der Waals surface area contributed by atoms with Crippen LogP contribution in [0.3, 0.4) is 0 Å². The van der Waals surface area contributed by atoms with Crippen LogP contribution in [0.25, 0.3) is 10.6 Å². The molecule has 1 aromatic carbocycles. The summed E-state index contributed by atoms with van der Waals surface area (Å²) >= 11 is 7.40. The molecule has 1 N–H and O–H groups in total.